The number of phenols is 1. The highest BCUT2D eigenvalue weighted by molar-refractivity contribution is 7.82. The summed E-state index contributed by atoms with van der Waals surface area (Å²) in [5.41, 5.74) is 0. The van der Waals surface area contributed by atoms with Gasteiger partial charge in [0.15, 0.2) is 17.2 Å². The molecule has 5 nitrogen and oxygen atoms in total. The number of halogens is 2. The van der Waals surface area contributed by atoms with Gasteiger partial charge in [0.1, 0.15) is 5.02 Å². The Morgan fingerprint density at radius 1 is 1.29 bits per heavy atom. The summed E-state index contributed by atoms with van der Waals surface area (Å²) in [5.74, 6) is -1.22. The van der Waals surface area contributed by atoms with Gasteiger partial charge >= 0.3 is 10.4 Å². The summed E-state index contributed by atoms with van der Waals surface area (Å²) in [5, 5.41) is 8.97. The monoisotopic (exact) mass is 256 g/mol. The fourth-order valence-electron chi connectivity index (χ4n) is 0.938. The van der Waals surface area contributed by atoms with Gasteiger partial charge in [-0.3, -0.25) is 0 Å². The van der Waals surface area contributed by atoms with Crippen molar-refractivity contribution in [3.8, 4) is 17.2 Å². The Labute approximate surface area is 89.1 Å². The molecule has 14 heavy (non-hydrogen) atoms. The van der Waals surface area contributed by atoms with Crippen molar-refractivity contribution in [3.63, 3.8) is 0 Å². The SMILES string of the molecule is O=S1(=O)Oc2cc(Cl)c(c(Cl)c2O)O1. The molecule has 3 rings (SSSR count). The first-order chi connectivity index (χ1) is 6.41. The van der Waals surface area contributed by atoms with E-state index in [4.69, 9.17) is 23.2 Å². The molecule has 0 saturated carbocycles. The van der Waals surface area contributed by atoms with Crippen molar-refractivity contribution in [2.24, 2.45) is 0 Å². The van der Waals surface area contributed by atoms with Crippen LogP contribution >= 0.6 is 23.2 Å². The van der Waals surface area contributed by atoms with Crippen molar-refractivity contribution < 1.29 is 21.9 Å². The maximum Gasteiger partial charge on any atom is 0.501 e. The Morgan fingerprint density at radius 2 is 1.93 bits per heavy atom. The van der Waals surface area contributed by atoms with Crippen LogP contribution in [0.4, 0.5) is 0 Å². The molecule has 1 N–H and O–H groups in total. The summed E-state index contributed by atoms with van der Waals surface area (Å²) >= 11 is 11.2. The number of hydrogen-bond acceptors (Lipinski definition) is 5. The second kappa shape index (κ2) is 2.82. The quantitative estimate of drug-likeness (QED) is 0.765. The Balaban J connectivity index is 2.81. The van der Waals surface area contributed by atoms with E-state index in [0.717, 1.165) is 6.07 Å². The lowest BCUT2D eigenvalue weighted by Gasteiger charge is -2.01. The molecule has 1 aromatic rings. The normalized spacial score (nSPS) is 17.0. The lowest BCUT2D eigenvalue weighted by molar-refractivity contribution is 0.390. The van der Waals surface area contributed by atoms with Gasteiger partial charge in [-0.05, 0) is 0 Å². The lowest BCUT2D eigenvalue weighted by atomic mass is 10.3. The highest BCUT2D eigenvalue weighted by Crippen LogP contribution is 2.48. The Kier molecular flexibility index (Phi) is 1.95. The van der Waals surface area contributed by atoms with Gasteiger partial charge in [-0.25, -0.2) is 0 Å². The summed E-state index contributed by atoms with van der Waals surface area (Å²) in [4.78, 5) is 0. The van der Waals surface area contributed by atoms with Crippen LogP contribution in [0, 0.1) is 0 Å². The zero-order valence-electron chi connectivity index (χ0n) is 6.32. The molecule has 2 aliphatic rings. The lowest BCUT2D eigenvalue weighted by Crippen LogP contribution is -2.13. The van der Waals surface area contributed by atoms with Gasteiger partial charge in [-0.2, -0.15) is 0 Å². The van der Waals surface area contributed by atoms with Crippen LogP contribution in [-0.4, -0.2) is 13.5 Å². The highest BCUT2D eigenvalue weighted by Gasteiger charge is 2.30. The van der Waals surface area contributed by atoms with Crippen LogP contribution in [0.5, 0.6) is 17.2 Å². The summed E-state index contributed by atoms with van der Waals surface area (Å²) in [7, 11) is -4.25. The van der Waals surface area contributed by atoms with Crippen molar-refractivity contribution in [1.29, 1.82) is 0 Å². The predicted octanol–water partition coefficient (Wildman–Crippen LogP) is 1.71. The second-order valence-corrected chi connectivity index (χ2v) is 4.36. The van der Waals surface area contributed by atoms with Crippen LogP contribution < -0.4 is 8.37 Å². The van der Waals surface area contributed by atoms with E-state index in [-0.39, 0.29) is 21.5 Å². The fraction of sp³-hybridized carbons (Fsp3) is 0. The first-order valence-electron chi connectivity index (χ1n) is 3.25. The Bertz CT molecular complexity index is 509. The third-order valence-corrected chi connectivity index (χ3v) is 2.88. The number of phenolic OH excluding ortho intramolecular Hbond substituents is 1. The van der Waals surface area contributed by atoms with Gasteiger partial charge in [-0.15, -0.1) is 8.42 Å². The number of benzene rings is 1. The molecule has 0 radical (unpaired) electrons. The zero-order valence-corrected chi connectivity index (χ0v) is 8.65. The van der Waals surface area contributed by atoms with Gasteiger partial charge in [0.25, 0.3) is 0 Å². The largest absolute Gasteiger partial charge is 0.503 e. The molecule has 0 saturated heterocycles. The van der Waals surface area contributed by atoms with Gasteiger partial charge in [0, 0.05) is 6.07 Å². The van der Waals surface area contributed by atoms with Crippen LogP contribution in [0.3, 0.4) is 0 Å². The van der Waals surface area contributed by atoms with Crippen LogP contribution in [0.2, 0.25) is 10.0 Å². The van der Waals surface area contributed by atoms with Crippen molar-refractivity contribution in [2.45, 2.75) is 0 Å². The molecule has 1 aromatic carbocycles. The number of aromatic hydroxyl groups is 1. The zero-order chi connectivity index (χ0) is 10.5. The van der Waals surface area contributed by atoms with Crippen LogP contribution in [0.1, 0.15) is 0 Å². The van der Waals surface area contributed by atoms with E-state index in [2.05, 4.69) is 8.37 Å². The van der Waals surface area contributed by atoms with Crippen molar-refractivity contribution in [2.75, 3.05) is 0 Å². The van der Waals surface area contributed by atoms with E-state index in [1.54, 1.807) is 0 Å². The molecule has 0 amide bonds. The minimum atomic E-state index is -4.25. The summed E-state index contributed by atoms with van der Waals surface area (Å²) in [6.45, 7) is 0. The Morgan fingerprint density at radius 3 is 2.57 bits per heavy atom. The standard InChI is InChI=1S/C6H2Cl2O5S/c7-2-1-3-5(9)4(8)6(2)13-14(10,11)12-3/h1,9H. The molecule has 0 aromatic heterocycles. The molecule has 0 fully saturated rings. The average molecular weight is 257 g/mol. The molecular weight excluding hydrogens is 255 g/mol. The van der Waals surface area contributed by atoms with E-state index < -0.39 is 16.1 Å². The minimum Gasteiger partial charge on any atom is -0.503 e. The third kappa shape index (κ3) is 1.35. The van der Waals surface area contributed by atoms with Crippen molar-refractivity contribution >= 4 is 33.6 Å². The second-order valence-electron chi connectivity index (χ2n) is 2.42. The molecule has 2 aliphatic heterocycles. The summed E-state index contributed by atoms with van der Waals surface area (Å²) in [6, 6.07) is 1.10. The van der Waals surface area contributed by atoms with Crippen molar-refractivity contribution in [3.05, 3.63) is 16.1 Å². The van der Waals surface area contributed by atoms with E-state index >= 15 is 0 Å². The topological polar surface area (TPSA) is 72.8 Å². The van der Waals surface area contributed by atoms with E-state index in [0.29, 0.717) is 0 Å². The fourth-order valence-corrected chi connectivity index (χ4v) is 2.30. The van der Waals surface area contributed by atoms with Gasteiger partial charge in [0.05, 0.1) is 5.02 Å². The predicted molar refractivity (Wildman–Crippen MR) is 48.3 cm³/mol. The highest BCUT2D eigenvalue weighted by atomic mass is 35.5. The molecule has 0 atom stereocenters. The molecule has 0 unspecified atom stereocenters. The van der Waals surface area contributed by atoms with Crippen LogP contribution in [0.15, 0.2) is 6.07 Å². The molecule has 76 valence electrons. The van der Waals surface area contributed by atoms with Gasteiger partial charge in [0.2, 0.25) is 0 Å². The summed E-state index contributed by atoms with van der Waals surface area (Å²) < 4.78 is 30.7. The number of hydrogen-bond donors (Lipinski definition) is 1. The molecule has 8 heteroatoms. The van der Waals surface area contributed by atoms with Gasteiger partial charge in [-0.1, -0.05) is 23.2 Å². The number of fused-ring (bicyclic) bond motifs is 4. The van der Waals surface area contributed by atoms with Crippen molar-refractivity contribution in [1.82, 2.24) is 0 Å². The first-order valence-corrected chi connectivity index (χ1v) is 5.34. The molecule has 2 heterocycles. The molecule has 0 aliphatic carbocycles. The third-order valence-electron chi connectivity index (χ3n) is 1.49. The molecular formula is C6H2Cl2O5S. The van der Waals surface area contributed by atoms with Gasteiger partial charge < -0.3 is 13.5 Å². The number of rotatable bonds is 0. The van der Waals surface area contributed by atoms with E-state index in [1.165, 1.54) is 0 Å². The van der Waals surface area contributed by atoms with E-state index in [1.807, 2.05) is 0 Å². The maximum absolute atomic E-state index is 11.0. The van der Waals surface area contributed by atoms with Crippen LogP contribution in [-0.2, 0) is 10.4 Å². The average Bonchev–Trinajstić information content (AvgIpc) is 2.23. The minimum absolute atomic E-state index is 0.0520. The van der Waals surface area contributed by atoms with Crippen LogP contribution in [0.25, 0.3) is 0 Å². The summed E-state index contributed by atoms with van der Waals surface area (Å²) in [6.07, 6.45) is 0. The molecule has 2 bridgehead atoms. The smallest absolute Gasteiger partial charge is 0.501 e. The Hall–Kier alpha value is -0.850. The van der Waals surface area contributed by atoms with E-state index in [9.17, 15) is 13.5 Å². The molecule has 0 spiro atoms. The maximum atomic E-state index is 11.0. The first kappa shape index (κ1) is 9.70.